The Morgan fingerprint density at radius 3 is 2.35 bits per heavy atom. The zero-order chi connectivity index (χ0) is 13.9. The van der Waals surface area contributed by atoms with Crippen molar-refractivity contribution in [2.45, 2.75) is 19.7 Å². The van der Waals surface area contributed by atoms with Crippen LogP contribution in [-0.4, -0.2) is 9.67 Å². The van der Waals surface area contributed by atoms with Crippen molar-refractivity contribution in [1.29, 1.82) is 0 Å². The van der Waals surface area contributed by atoms with Crippen molar-refractivity contribution in [2.75, 3.05) is 0 Å². The lowest BCUT2D eigenvalue weighted by atomic mass is 10.1. The van der Waals surface area contributed by atoms with E-state index in [9.17, 15) is 0 Å². The highest BCUT2D eigenvalue weighted by molar-refractivity contribution is 5.84. The Morgan fingerprint density at radius 2 is 1.65 bits per heavy atom. The first-order valence-corrected chi connectivity index (χ1v) is 6.77. The van der Waals surface area contributed by atoms with Gasteiger partial charge in [-0.1, -0.05) is 42.5 Å². The maximum Gasteiger partial charge on any atom is 0.0681 e. The summed E-state index contributed by atoms with van der Waals surface area (Å²) in [5.41, 5.74) is 10.4. The predicted molar refractivity (Wildman–Crippen MR) is 81.3 cm³/mol. The monoisotopic (exact) mass is 266 g/mol. The van der Waals surface area contributed by atoms with E-state index in [1.165, 1.54) is 22.0 Å². The van der Waals surface area contributed by atoms with Gasteiger partial charge in [0, 0.05) is 30.2 Å². The van der Waals surface area contributed by atoms with Crippen LogP contribution in [0.4, 0.5) is 0 Å². The second-order valence-corrected chi connectivity index (χ2v) is 4.98. The molecule has 3 nitrogen and oxygen atoms in total. The van der Waals surface area contributed by atoms with Gasteiger partial charge in [0.15, 0.2) is 0 Å². The highest BCUT2D eigenvalue weighted by atomic mass is 16.3. The van der Waals surface area contributed by atoms with Crippen LogP contribution in [0.3, 0.4) is 0 Å². The Labute approximate surface area is 118 Å². The molecular weight excluding hydrogens is 248 g/mol. The second kappa shape index (κ2) is 5.49. The highest BCUT2D eigenvalue weighted by Gasteiger charge is 2.07. The Bertz CT molecular complexity index is 713. The molecule has 0 bridgehead atoms. The molecule has 0 aliphatic heterocycles. The molecule has 3 aromatic rings. The summed E-state index contributed by atoms with van der Waals surface area (Å²) < 4.78 is 2.23. The van der Waals surface area contributed by atoms with E-state index in [1.807, 2.05) is 24.3 Å². The summed E-state index contributed by atoms with van der Waals surface area (Å²) in [5, 5.41) is 10.3. The molecule has 102 valence electrons. The summed E-state index contributed by atoms with van der Waals surface area (Å²) in [6.45, 7) is 1.45. The minimum absolute atomic E-state index is 0.0874. The van der Waals surface area contributed by atoms with Crippen LogP contribution in [0, 0.1) is 0 Å². The zero-order valence-electron chi connectivity index (χ0n) is 11.3. The molecule has 0 unspecified atom stereocenters. The molecule has 2 aromatic carbocycles. The van der Waals surface area contributed by atoms with Crippen molar-refractivity contribution in [3.05, 3.63) is 71.4 Å². The smallest absolute Gasteiger partial charge is 0.0681 e. The number of hydrogen-bond donors (Lipinski definition) is 2. The van der Waals surface area contributed by atoms with Gasteiger partial charge in [-0.15, -0.1) is 0 Å². The van der Waals surface area contributed by atoms with Crippen LogP contribution in [0.25, 0.3) is 10.9 Å². The predicted octanol–water partition coefficient (Wildman–Crippen LogP) is 2.64. The molecule has 0 spiro atoms. The van der Waals surface area contributed by atoms with E-state index in [-0.39, 0.29) is 6.61 Å². The van der Waals surface area contributed by atoms with Gasteiger partial charge in [0.25, 0.3) is 0 Å². The first-order chi connectivity index (χ1) is 9.81. The number of aliphatic hydroxyl groups is 1. The molecule has 0 atom stereocenters. The summed E-state index contributed by atoms with van der Waals surface area (Å²) in [5.74, 6) is 0. The number of benzene rings is 2. The van der Waals surface area contributed by atoms with Crippen LogP contribution in [-0.2, 0) is 19.7 Å². The molecule has 0 amide bonds. The number of fused-ring (bicyclic) bond motifs is 1. The normalized spacial score (nSPS) is 11.1. The summed E-state index contributed by atoms with van der Waals surface area (Å²) >= 11 is 0. The van der Waals surface area contributed by atoms with Crippen LogP contribution in [0.1, 0.15) is 16.7 Å². The van der Waals surface area contributed by atoms with Crippen molar-refractivity contribution in [1.82, 2.24) is 4.57 Å². The van der Waals surface area contributed by atoms with Crippen LogP contribution >= 0.6 is 0 Å². The van der Waals surface area contributed by atoms with Crippen molar-refractivity contribution in [3.63, 3.8) is 0 Å². The highest BCUT2D eigenvalue weighted by Crippen LogP contribution is 2.22. The van der Waals surface area contributed by atoms with E-state index in [0.29, 0.717) is 6.54 Å². The van der Waals surface area contributed by atoms with Gasteiger partial charge in [-0.05, 0) is 22.8 Å². The molecule has 3 N–H and O–H groups in total. The lowest BCUT2D eigenvalue weighted by Crippen LogP contribution is -1.99. The van der Waals surface area contributed by atoms with Crippen molar-refractivity contribution < 1.29 is 5.11 Å². The van der Waals surface area contributed by atoms with Crippen LogP contribution < -0.4 is 5.73 Å². The van der Waals surface area contributed by atoms with Gasteiger partial charge in [-0.2, -0.15) is 0 Å². The zero-order valence-corrected chi connectivity index (χ0v) is 11.3. The minimum atomic E-state index is 0.0874. The minimum Gasteiger partial charge on any atom is -0.392 e. The summed E-state index contributed by atoms with van der Waals surface area (Å²) in [4.78, 5) is 0. The first-order valence-electron chi connectivity index (χ1n) is 6.77. The van der Waals surface area contributed by atoms with Crippen molar-refractivity contribution in [3.8, 4) is 0 Å². The summed E-state index contributed by atoms with van der Waals surface area (Å²) in [6.07, 6.45) is 2.13. The SMILES string of the molecule is NCc1cn(Cc2ccc(CO)cc2)c2ccccc12. The number of nitrogens with two attached hydrogens (primary N) is 1. The Balaban J connectivity index is 1.97. The molecule has 0 saturated carbocycles. The topological polar surface area (TPSA) is 51.2 Å². The molecule has 1 heterocycles. The Kier molecular flexibility index (Phi) is 3.54. The molecule has 0 saturated heterocycles. The second-order valence-electron chi connectivity index (χ2n) is 4.98. The molecule has 0 fully saturated rings. The lowest BCUT2D eigenvalue weighted by Gasteiger charge is -2.06. The van der Waals surface area contributed by atoms with Crippen molar-refractivity contribution in [2.24, 2.45) is 5.73 Å². The first kappa shape index (κ1) is 12.9. The van der Waals surface area contributed by atoms with Crippen molar-refractivity contribution >= 4 is 10.9 Å². The number of aliphatic hydroxyl groups excluding tert-OH is 1. The average molecular weight is 266 g/mol. The average Bonchev–Trinajstić information content (AvgIpc) is 2.86. The van der Waals surface area contributed by atoms with Gasteiger partial charge in [-0.25, -0.2) is 0 Å². The maximum absolute atomic E-state index is 9.08. The molecule has 0 aliphatic rings. The van der Waals surface area contributed by atoms with Gasteiger partial charge in [0.2, 0.25) is 0 Å². The van der Waals surface area contributed by atoms with E-state index in [1.54, 1.807) is 0 Å². The largest absolute Gasteiger partial charge is 0.392 e. The number of nitrogens with zero attached hydrogens (tertiary/aromatic N) is 1. The number of aromatic nitrogens is 1. The van der Waals surface area contributed by atoms with Gasteiger partial charge in [0.1, 0.15) is 0 Å². The molecular formula is C17H18N2O. The van der Waals surface area contributed by atoms with Gasteiger partial charge in [0.05, 0.1) is 6.61 Å². The molecule has 3 heteroatoms. The van der Waals surface area contributed by atoms with Crippen LogP contribution in [0.2, 0.25) is 0 Å². The van der Waals surface area contributed by atoms with E-state index >= 15 is 0 Å². The fourth-order valence-electron chi connectivity index (χ4n) is 2.56. The van der Waals surface area contributed by atoms with E-state index < -0.39 is 0 Å². The Hall–Kier alpha value is -2.10. The number of hydrogen-bond acceptors (Lipinski definition) is 2. The summed E-state index contributed by atoms with van der Waals surface area (Å²) in [7, 11) is 0. The summed E-state index contributed by atoms with van der Waals surface area (Å²) in [6, 6.07) is 16.4. The fraction of sp³-hybridized carbons (Fsp3) is 0.176. The quantitative estimate of drug-likeness (QED) is 0.762. The van der Waals surface area contributed by atoms with Gasteiger partial charge in [-0.3, -0.25) is 0 Å². The number of para-hydroxylation sites is 1. The Morgan fingerprint density at radius 1 is 0.950 bits per heavy atom. The third kappa shape index (κ3) is 2.33. The lowest BCUT2D eigenvalue weighted by molar-refractivity contribution is 0.282. The van der Waals surface area contributed by atoms with Gasteiger partial charge >= 0.3 is 0 Å². The van der Waals surface area contributed by atoms with E-state index in [2.05, 4.69) is 35.0 Å². The van der Waals surface area contributed by atoms with E-state index in [4.69, 9.17) is 10.8 Å². The molecule has 1 aromatic heterocycles. The van der Waals surface area contributed by atoms with Gasteiger partial charge < -0.3 is 15.4 Å². The number of rotatable bonds is 4. The maximum atomic E-state index is 9.08. The van der Waals surface area contributed by atoms with E-state index in [0.717, 1.165) is 12.1 Å². The third-order valence-corrected chi connectivity index (χ3v) is 3.65. The molecule has 20 heavy (non-hydrogen) atoms. The van der Waals surface area contributed by atoms with Crippen LogP contribution in [0.5, 0.6) is 0 Å². The van der Waals surface area contributed by atoms with Crippen LogP contribution in [0.15, 0.2) is 54.7 Å². The molecule has 0 radical (unpaired) electrons. The molecule has 0 aliphatic carbocycles. The standard InChI is InChI=1S/C17H18N2O/c18-9-15-11-19(17-4-2-1-3-16(15)17)10-13-5-7-14(12-20)8-6-13/h1-8,11,20H,9-10,12,18H2. The third-order valence-electron chi connectivity index (χ3n) is 3.65. The molecule has 3 rings (SSSR count). The fourth-order valence-corrected chi connectivity index (χ4v) is 2.56.